The number of ketones is 1. The number of Topliss-reactive ketones (excluding diaryl/α,β-unsaturated/α-hetero) is 1. The van der Waals surface area contributed by atoms with Crippen LogP contribution in [0.15, 0.2) is 41.6 Å². The number of fused-ring (bicyclic) bond motifs is 1. The largest absolute Gasteiger partial charge is 0.508 e. The Labute approximate surface area is 126 Å². The maximum atomic E-state index is 12.5. The Morgan fingerprint density at radius 2 is 2.00 bits per heavy atom. The molecule has 6 nitrogen and oxygen atoms in total. The lowest BCUT2D eigenvalue weighted by molar-refractivity contribution is 0.0830. The molecule has 1 aliphatic heterocycles. The monoisotopic (exact) mass is 299 g/mol. The van der Waals surface area contributed by atoms with E-state index in [-0.39, 0.29) is 35.5 Å². The molecule has 2 aromatic carbocycles. The highest BCUT2D eigenvalue weighted by atomic mass is 16.5. The zero-order valence-corrected chi connectivity index (χ0v) is 11.5. The van der Waals surface area contributed by atoms with Crippen LogP contribution in [-0.2, 0) is 6.42 Å². The van der Waals surface area contributed by atoms with Gasteiger partial charge in [0.15, 0.2) is 5.78 Å². The Bertz CT molecular complexity index is 756. The number of benzene rings is 2. The second-order valence-electron chi connectivity index (χ2n) is 5.17. The number of nitroso groups, excluding NO2 is 1. The summed E-state index contributed by atoms with van der Waals surface area (Å²) in [5.74, 6) is -0.228. The van der Waals surface area contributed by atoms with Crippen molar-refractivity contribution in [1.29, 1.82) is 0 Å². The number of phenolic OH excluding ortho intramolecular Hbond substituents is 2. The van der Waals surface area contributed by atoms with Gasteiger partial charge in [-0.25, -0.2) is 0 Å². The van der Waals surface area contributed by atoms with Gasteiger partial charge < -0.3 is 14.9 Å². The summed E-state index contributed by atoms with van der Waals surface area (Å²) in [6.45, 7) is 0.194. The number of hydrogen-bond donors (Lipinski definition) is 2. The minimum atomic E-state index is -0.388. The normalized spacial score (nSPS) is 16.7. The van der Waals surface area contributed by atoms with Crippen LogP contribution in [0.3, 0.4) is 0 Å². The number of rotatable bonds is 3. The predicted octanol–water partition coefficient (Wildman–Crippen LogP) is 2.93. The fraction of sp³-hybridized carbons (Fsp3) is 0.188. The van der Waals surface area contributed by atoms with Crippen molar-refractivity contribution in [3.05, 3.63) is 52.4 Å². The maximum Gasteiger partial charge on any atom is 0.173 e. The Hall–Kier alpha value is -2.89. The van der Waals surface area contributed by atoms with E-state index in [0.29, 0.717) is 17.7 Å². The molecule has 0 saturated heterocycles. The molecule has 3 rings (SSSR count). The van der Waals surface area contributed by atoms with Crippen molar-refractivity contribution < 1.29 is 19.7 Å². The van der Waals surface area contributed by atoms with Crippen molar-refractivity contribution in [2.75, 3.05) is 6.61 Å². The van der Waals surface area contributed by atoms with Gasteiger partial charge in [-0.05, 0) is 41.4 Å². The van der Waals surface area contributed by atoms with Crippen LogP contribution in [0.2, 0.25) is 0 Å². The van der Waals surface area contributed by atoms with Crippen LogP contribution in [-0.4, -0.2) is 22.6 Å². The molecule has 0 aromatic heterocycles. The number of carbonyl (C=O) groups excluding carboxylic acids is 1. The molecule has 6 heteroatoms. The van der Waals surface area contributed by atoms with Crippen molar-refractivity contribution in [3.63, 3.8) is 0 Å². The molecule has 2 aromatic rings. The number of aromatic hydroxyl groups is 2. The standard InChI is InChI=1S/C16H13NO5/c18-11-2-3-12-15(7-11)22-8-10(16(12)20)5-9-1-4-14(19)13(6-9)17-21/h1-4,6-7,10,18-19H,5,8H2. The van der Waals surface area contributed by atoms with E-state index in [1.807, 2.05) is 0 Å². The molecular formula is C16H13NO5. The highest BCUT2D eigenvalue weighted by Gasteiger charge is 2.29. The van der Waals surface area contributed by atoms with Crippen LogP contribution in [0.1, 0.15) is 15.9 Å². The first-order chi connectivity index (χ1) is 10.6. The molecule has 0 fully saturated rings. The van der Waals surface area contributed by atoms with Gasteiger partial charge in [0.25, 0.3) is 0 Å². The van der Waals surface area contributed by atoms with Crippen molar-refractivity contribution in [1.82, 2.24) is 0 Å². The third-order valence-corrected chi connectivity index (χ3v) is 3.66. The van der Waals surface area contributed by atoms with E-state index in [1.54, 1.807) is 6.07 Å². The minimum absolute atomic E-state index is 0.0465. The highest BCUT2D eigenvalue weighted by molar-refractivity contribution is 6.01. The molecule has 0 bridgehead atoms. The van der Waals surface area contributed by atoms with Gasteiger partial charge in [0.2, 0.25) is 0 Å². The van der Waals surface area contributed by atoms with Gasteiger partial charge in [-0.3, -0.25) is 4.79 Å². The summed E-state index contributed by atoms with van der Waals surface area (Å²) >= 11 is 0. The zero-order valence-electron chi connectivity index (χ0n) is 11.5. The predicted molar refractivity (Wildman–Crippen MR) is 78.7 cm³/mol. The van der Waals surface area contributed by atoms with E-state index in [1.165, 1.54) is 30.3 Å². The van der Waals surface area contributed by atoms with Gasteiger partial charge in [0.05, 0.1) is 18.1 Å². The molecule has 2 N–H and O–H groups in total. The van der Waals surface area contributed by atoms with Crippen molar-refractivity contribution in [2.24, 2.45) is 11.1 Å². The van der Waals surface area contributed by atoms with Crippen LogP contribution >= 0.6 is 0 Å². The first-order valence-electron chi connectivity index (χ1n) is 6.74. The molecule has 1 aliphatic rings. The molecule has 0 radical (unpaired) electrons. The van der Waals surface area contributed by atoms with Gasteiger partial charge in [-0.1, -0.05) is 6.07 Å². The first-order valence-corrected chi connectivity index (χ1v) is 6.74. The third kappa shape index (κ3) is 2.50. The fourth-order valence-electron chi connectivity index (χ4n) is 2.53. The highest BCUT2D eigenvalue weighted by Crippen LogP contribution is 2.33. The summed E-state index contributed by atoms with van der Waals surface area (Å²) in [5, 5.41) is 21.6. The van der Waals surface area contributed by atoms with Crippen LogP contribution in [0.25, 0.3) is 0 Å². The van der Waals surface area contributed by atoms with Crippen molar-refractivity contribution in [2.45, 2.75) is 6.42 Å². The molecule has 0 aliphatic carbocycles. The summed E-state index contributed by atoms with van der Waals surface area (Å²) in [6.07, 6.45) is 0.377. The lowest BCUT2D eigenvalue weighted by Gasteiger charge is -2.24. The molecule has 112 valence electrons. The smallest absolute Gasteiger partial charge is 0.173 e. The Kier molecular flexibility index (Phi) is 3.50. The van der Waals surface area contributed by atoms with Gasteiger partial charge in [0.1, 0.15) is 22.9 Å². The fourth-order valence-corrected chi connectivity index (χ4v) is 2.53. The average molecular weight is 299 g/mol. The van der Waals surface area contributed by atoms with E-state index in [2.05, 4.69) is 5.18 Å². The summed E-state index contributed by atoms with van der Waals surface area (Å²) in [6, 6.07) is 8.88. The molecule has 0 spiro atoms. The summed E-state index contributed by atoms with van der Waals surface area (Å²) in [7, 11) is 0. The Balaban J connectivity index is 1.84. The molecular weight excluding hydrogens is 286 g/mol. The molecule has 1 heterocycles. The van der Waals surface area contributed by atoms with Gasteiger partial charge in [-0.15, -0.1) is 4.91 Å². The van der Waals surface area contributed by atoms with Crippen molar-refractivity contribution >= 4 is 11.5 Å². The van der Waals surface area contributed by atoms with E-state index in [9.17, 15) is 19.9 Å². The first kappa shape index (κ1) is 14.1. The minimum Gasteiger partial charge on any atom is -0.508 e. The number of hydrogen-bond acceptors (Lipinski definition) is 6. The third-order valence-electron chi connectivity index (χ3n) is 3.66. The topological polar surface area (TPSA) is 96.2 Å². The molecule has 0 saturated carbocycles. The van der Waals surface area contributed by atoms with Gasteiger partial charge in [-0.2, -0.15) is 0 Å². The summed E-state index contributed by atoms with van der Waals surface area (Å²) in [5.41, 5.74) is 1.10. The Morgan fingerprint density at radius 1 is 1.18 bits per heavy atom. The number of carbonyl (C=O) groups is 1. The van der Waals surface area contributed by atoms with Crippen LogP contribution in [0.4, 0.5) is 5.69 Å². The SMILES string of the molecule is O=Nc1cc(CC2COc3cc(O)ccc3C2=O)ccc1O. The molecule has 1 atom stereocenters. The molecule has 1 unspecified atom stereocenters. The lowest BCUT2D eigenvalue weighted by atomic mass is 9.89. The van der Waals surface area contributed by atoms with Gasteiger partial charge >= 0.3 is 0 Å². The van der Waals surface area contributed by atoms with Crippen LogP contribution in [0.5, 0.6) is 17.2 Å². The summed E-state index contributed by atoms with van der Waals surface area (Å²) in [4.78, 5) is 23.1. The summed E-state index contributed by atoms with van der Waals surface area (Å²) < 4.78 is 5.52. The average Bonchev–Trinajstić information content (AvgIpc) is 2.51. The number of ether oxygens (including phenoxy) is 1. The second-order valence-corrected chi connectivity index (χ2v) is 5.17. The quantitative estimate of drug-likeness (QED) is 0.849. The van der Waals surface area contributed by atoms with Crippen LogP contribution in [0, 0.1) is 10.8 Å². The Morgan fingerprint density at radius 3 is 2.77 bits per heavy atom. The molecule has 22 heavy (non-hydrogen) atoms. The van der Waals surface area contributed by atoms with Crippen LogP contribution < -0.4 is 4.74 Å². The lowest BCUT2D eigenvalue weighted by Crippen LogP contribution is -2.29. The van der Waals surface area contributed by atoms with E-state index in [0.717, 1.165) is 5.56 Å². The maximum absolute atomic E-state index is 12.5. The zero-order chi connectivity index (χ0) is 15.7. The van der Waals surface area contributed by atoms with Gasteiger partial charge in [0, 0.05) is 6.07 Å². The van der Waals surface area contributed by atoms with Crippen molar-refractivity contribution in [3.8, 4) is 17.2 Å². The number of nitrogens with zero attached hydrogens (tertiary/aromatic N) is 1. The van der Waals surface area contributed by atoms with E-state index < -0.39 is 0 Å². The second kappa shape index (κ2) is 5.48. The van der Waals surface area contributed by atoms with E-state index in [4.69, 9.17) is 4.74 Å². The van der Waals surface area contributed by atoms with E-state index >= 15 is 0 Å². The number of phenols is 2. The molecule has 0 amide bonds.